The molecule has 0 aliphatic rings. The first-order valence-electron chi connectivity index (χ1n) is 11.1. The van der Waals surface area contributed by atoms with E-state index in [4.69, 9.17) is 27.9 Å². The van der Waals surface area contributed by atoms with Gasteiger partial charge in [-0.15, -0.1) is 5.11 Å². The van der Waals surface area contributed by atoms with Crippen molar-refractivity contribution in [2.24, 2.45) is 10.2 Å². The zero-order valence-corrected chi connectivity index (χ0v) is 25.4. The number of nitrogens with one attached hydrogen (secondary N) is 1. The standard InChI is InChI=1S/C26H21Cl2N3O6S.Na/c1-3-37-19-11-17(28)10-18(13-19)29-26(33)21-9-15-6-4-5-7-20(15)23(24(21)32)31-30-22-12-16(27)8-14(2)25(22)38(34,35)36;/h4-13,32H,3H2,1-2H3,(H,29,33)(H,34,35,36);/q;+1/p-1. The molecule has 0 spiro atoms. The monoisotopic (exact) mass is 595 g/mol. The fourth-order valence-corrected chi connectivity index (χ4v) is 5.21. The van der Waals surface area contributed by atoms with Crippen molar-refractivity contribution < 1.29 is 57.2 Å². The molecular weight excluding hydrogens is 576 g/mol. The van der Waals surface area contributed by atoms with Gasteiger partial charge in [-0.2, -0.15) is 13.5 Å². The molecule has 0 aliphatic heterocycles. The van der Waals surface area contributed by atoms with Gasteiger partial charge in [0.25, 0.3) is 16.0 Å². The summed E-state index contributed by atoms with van der Waals surface area (Å²) in [6.45, 7) is 3.63. The number of ether oxygens (including phenoxy) is 1. The Labute approximate surface area is 256 Å². The number of rotatable bonds is 7. The second-order valence-electron chi connectivity index (χ2n) is 8.13. The van der Waals surface area contributed by atoms with Crippen LogP contribution >= 0.6 is 23.2 Å². The maximum Gasteiger partial charge on any atom is 1.00 e. The quantitative estimate of drug-likeness (QED) is 0.189. The number of amides is 1. The minimum absolute atomic E-state index is 0. The van der Waals surface area contributed by atoms with Crippen LogP contribution in [-0.2, 0) is 10.1 Å². The first kappa shape index (κ1) is 30.8. The largest absolute Gasteiger partial charge is 1.00 e. The zero-order chi connectivity index (χ0) is 27.6. The van der Waals surface area contributed by atoms with Gasteiger partial charge in [0.2, 0.25) is 0 Å². The molecular formula is C26H20Cl2N3NaO6S. The minimum Gasteiger partial charge on any atom is -0.870 e. The summed E-state index contributed by atoms with van der Waals surface area (Å²) in [6, 6.07) is 15.3. The predicted molar refractivity (Wildman–Crippen MR) is 144 cm³/mol. The maximum absolute atomic E-state index is 13.4. The van der Waals surface area contributed by atoms with Crippen LogP contribution in [0.4, 0.5) is 17.1 Å². The molecule has 0 atom stereocenters. The zero-order valence-electron chi connectivity index (χ0n) is 21.0. The molecule has 0 fully saturated rings. The van der Waals surface area contributed by atoms with E-state index in [2.05, 4.69) is 15.5 Å². The fourth-order valence-electron chi connectivity index (χ4n) is 3.89. The Morgan fingerprint density at radius 3 is 2.44 bits per heavy atom. The molecule has 4 aromatic rings. The Hall–Kier alpha value is -2.70. The molecule has 0 aromatic heterocycles. The third-order valence-corrected chi connectivity index (χ3v) is 6.88. The molecule has 0 unspecified atom stereocenters. The van der Waals surface area contributed by atoms with Crippen molar-refractivity contribution in [3.05, 3.63) is 81.8 Å². The number of aryl methyl sites for hydroxylation is 1. The van der Waals surface area contributed by atoms with E-state index in [1.807, 2.05) is 0 Å². The first-order valence-corrected chi connectivity index (χ1v) is 13.3. The van der Waals surface area contributed by atoms with Crippen molar-refractivity contribution in [3.63, 3.8) is 0 Å². The number of carbonyl (C=O) groups is 1. The van der Waals surface area contributed by atoms with Gasteiger partial charge in [-0.3, -0.25) is 9.35 Å². The van der Waals surface area contributed by atoms with E-state index in [0.717, 1.165) is 0 Å². The number of carbonyl (C=O) groups excluding carboxylic acids is 1. The fraction of sp³-hybridized carbons (Fsp3) is 0.115. The predicted octanol–water partition coefficient (Wildman–Crippen LogP) is 3.85. The van der Waals surface area contributed by atoms with Crippen LogP contribution in [0.15, 0.2) is 75.8 Å². The molecule has 13 heteroatoms. The van der Waals surface area contributed by atoms with E-state index in [1.165, 1.54) is 31.2 Å². The van der Waals surface area contributed by atoms with E-state index >= 15 is 0 Å². The topological polar surface area (TPSA) is 140 Å². The third-order valence-electron chi connectivity index (χ3n) is 5.40. The second-order valence-corrected chi connectivity index (χ2v) is 10.4. The van der Waals surface area contributed by atoms with Crippen molar-refractivity contribution in [1.29, 1.82) is 0 Å². The molecule has 4 aromatic carbocycles. The van der Waals surface area contributed by atoms with E-state index < -0.39 is 26.7 Å². The van der Waals surface area contributed by atoms with Gasteiger partial charge in [0, 0.05) is 32.7 Å². The number of benzene rings is 4. The number of hydrogen-bond acceptors (Lipinski definition) is 7. The average Bonchev–Trinajstić information content (AvgIpc) is 2.81. The van der Waals surface area contributed by atoms with Crippen molar-refractivity contribution in [2.75, 3.05) is 11.9 Å². The number of hydrogen-bond donors (Lipinski definition) is 2. The Morgan fingerprint density at radius 2 is 1.74 bits per heavy atom. The molecule has 4 rings (SSSR count). The number of fused-ring (bicyclic) bond motifs is 1. The van der Waals surface area contributed by atoms with Gasteiger partial charge in [0.1, 0.15) is 16.3 Å². The van der Waals surface area contributed by atoms with Gasteiger partial charge in [-0.05, 0) is 55.1 Å². The Morgan fingerprint density at radius 1 is 1.05 bits per heavy atom. The normalized spacial score (nSPS) is 11.4. The van der Waals surface area contributed by atoms with E-state index in [9.17, 15) is 22.9 Å². The Bertz CT molecular complexity index is 1710. The smallest absolute Gasteiger partial charge is 0.870 e. The number of nitrogens with zero attached hydrogens (tertiary/aromatic N) is 2. The van der Waals surface area contributed by atoms with Crippen LogP contribution in [0.3, 0.4) is 0 Å². The minimum atomic E-state index is -4.68. The Kier molecular flexibility index (Phi) is 10.0. The van der Waals surface area contributed by atoms with Crippen LogP contribution in [0.5, 0.6) is 11.5 Å². The number of halogens is 2. The summed E-state index contributed by atoms with van der Waals surface area (Å²) in [5, 5.41) is 25.4. The second kappa shape index (κ2) is 12.6. The summed E-state index contributed by atoms with van der Waals surface area (Å²) >= 11 is 12.2. The van der Waals surface area contributed by atoms with Gasteiger partial charge >= 0.3 is 29.6 Å². The van der Waals surface area contributed by atoms with Crippen LogP contribution in [0.25, 0.3) is 10.8 Å². The van der Waals surface area contributed by atoms with Gasteiger partial charge in [0.05, 0.1) is 12.3 Å². The molecule has 196 valence electrons. The van der Waals surface area contributed by atoms with Crippen LogP contribution in [0.1, 0.15) is 22.8 Å². The van der Waals surface area contributed by atoms with Crippen LogP contribution in [-0.4, -0.2) is 25.5 Å². The molecule has 0 saturated carbocycles. The van der Waals surface area contributed by atoms with Crippen molar-refractivity contribution >= 4 is 67.1 Å². The molecule has 0 saturated heterocycles. The SMILES string of the molecule is CCOc1cc(Cl)cc(NC(=O)c2cc3ccccc3c(N=Nc3cc(Cl)cc(C)c3S(=O)(=O)O)c2[O-])c1.[Na+]. The molecule has 0 heterocycles. The van der Waals surface area contributed by atoms with Gasteiger partial charge in [-0.25, -0.2) is 0 Å². The van der Waals surface area contributed by atoms with Gasteiger partial charge in [-0.1, -0.05) is 53.2 Å². The summed E-state index contributed by atoms with van der Waals surface area (Å²) in [7, 11) is -4.68. The van der Waals surface area contributed by atoms with Crippen molar-refractivity contribution in [3.8, 4) is 11.5 Å². The van der Waals surface area contributed by atoms with Crippen LogP contribution < -0.4 is 44.7 Å². The maximum atomic E-state index is 13.4. The van der Waals surface area contributed by atoms with E-state index in [1.54, 1.807) is 43.3 Å². The first-order chi connectivity index (χ1) is 18.0. The Balaban J connectivity index is 0.00000420. The molecule has 39 heavy (non-hydrogen) atoms. The number of azo groups is 1. The van der Waals surface area contributed by atoms with Crippen molar-refractivity contribution in [1.82, 2.24) is 0 Å². The molecule has 0 aliphatic carbocycles. The average molecular weight is 596 g/mol. The van der Waals surface area contributed by atoms with Crippen LogP contribution in [0, 0.1) is 6.92 Å². The van der Waals surface area contributed by atoms with E-state index in [-0.39, 0.29) is 57.1 Å². The summed E-state index contributed by atoms with van der Waals surface area (Å²) < 4.78 is 39.1. The molecule has 2 N–H and O–H groups in total. The summed E-state index contributed by atoms with van der Waals surface area (Å²) in [5.74, 6) is -1.03. The molecule has 0 radical (unpaired) electrons. The van der Waals surface area contributed by atoms with E-state index in [0.29, 0.717) is 33.8 Å². The summed E-state index contributed by atoms with van der Waals surface area (Å²) in [5.41, 5.74) is -0.240. The van der Waals surface area contributed by atoms with Gasteiger partial charge < -0.3 is 15.2 Å². The molecule has 1 amide bonds. The third kappa shape index (κ3) is 7.09. The van der Waals surface area contributed by atoms with Crippen molar-refractivity contribution in [2.45, 2.75) is 18.7 Å². The summed E-state index contributed by atoms with van der Waals surface area (Å²) in [4.78, 5) is 12.7. The molecule has 9 nitrogen and oxygen atoms in total. The van der Waals surface area contributed by atoms with Gasteiger partial charge in [0.15, 0.2) is 0 Å². The number of anilines is 1. The van der Waals surface area contributed by atoms with Crippen LogP contribution in [0.2, 0.25) is 10.0 Å². The summed E-state index contributed by atoms with van der Waals surface area (Å²) in [6.07, 6.45) is 0. The molecule has 0 bridgehead atoms.